The van der Waals surface area contributed by atoms with E-state index in [1.165, 1.54) is 0 Å². The average molecular weight is 297 g/mol. The summed E-state index contributed by atoms with van der Waals surface area (Å²) in [6.45, 7) is 4.50. The Hall–Kier alpha value is 1.17. The second-order valence-electron chi connectivity index (χ2n) is 1.45. The third-order valence-corrected chi connectivity index (χ3v) is 0.447. The maximum absolute atomic E-state index is 8.19. The van der Waals surface area contributed by atoms with Crippen LogP contribution in [0.5, 0.6) is 0 Å². The van der Waals surface area contributed by atoms with E-state index in [0.29, 0.717) is 13.2 Å². The molecule has 0 saturated heterocycles. The second kappa shape index (κ2) is 72.9. The molecule has 0 saturated carbocycles. The van der Waals surface area contributed by atoms with Gasteiger partial charge in [-0.2, -0.15) is 0 Å². The number of hydrogen-bond donors (Lipinski definition) is 2. The zero-order valence-electron chi connectivity index (χ0n) is 7.80. The van der Waals surface area contributed by atoms with Crippen molar-refractivity contribution in [2.75, 3.05) is 13.2 Å². The molecular formula is C6H19Cl3O3V. The molecule has 0 unspecified atom stereocenters. The van der Waals surface area contributed by atoms with Crippen LogP contribution in [0.2, 0.25) is 0 Å². The van der Waals surface area contributed by atoms with Gasteiger partial charge in [0.05, 0.1) is 0 Å². The Bertz CT molecular complexity index is 38.3. The summed E-state index contributed by atoms with van der Waals surface area (Å²) in [5, 5.41) is 15.8. The zero-order valence-corrected chi connectivity index (χ0v) is 11.6. The minimum atomic E-state index is 0. The van der Waals surface area contributed by atoms with Crippen LogP contribution < -0.4 is 0 Å². The van der Waals surface area contributed by atoms with Gasteiger partial charge in [-0.05, 0) is 12.8 Å². The quantitative estimate of drug-likeness (QED) is 0.818. The van der Waals surface area contributed by atoms with E-state index in [0.717, 1.165) is 30.2 Å². The van der Waals surface area contributed by atoms with E-state index in [9.17, 15) is 0 Å². The number of hydrogen-bond acceptors (Lipinski definition) is 3. The summed E-state index contributed by atoms with van der Waals surface area (Å²) < 4.78 is 8.19. The zero-order chi connectivity index (χ0) is 8.83. The van der Waals surface area contributed by atoms with Crippen LogP contribution in [-0.4, -0.2) is 23.4 Å². The maximum atomic E-state index is 8.19. The van der Waals surface area contributed by atoms with Crippen molar-refractivity contribution in [3.05, 3.63) is 0 Å². The minimum absolute atomic E-state index is 0. The molecule has 3 nitrogen and oxygen atoms in total. The Balaban J connectivity index is -0.0000000133. The predicted molar refractivity (Wildman–Crippen MR) is 57.2 cm³/mol. The van der Waals surface area contributed by atoms with E-state index in [1.54, 1.807) is 0 Å². The molecule has 7 heteroatoms. The molecule has 0 spiro atoms. The first-order chi connectivity index (χ1) is 4.83. The summed E-state index contributed by atoms with van der Waals surface area (Å²) in [4.78, 5) is 0. The Labute approximate surface area is 108 Å². The van der Waals surface area contributed by atoms with Crippen LogP contribution in [0.25, 0.3) is 0 Å². The number of aliphatic hydroxyl groups is 2. The van der Waals surface area contributed by atoms with Gasteiger partial charge in [-0.15, -0.1) is 37.2 Å². The van der Waals surface area contributed by atoms with Gasteiger partial charge in [0.1, 0.15) is 0 Å². The van der Waals surface area contributed by atoms with Crippen molar-refractivity contribution in [3.63, 3.8) is 0 Å². The van der Waals surface area contributed by atoms with Gasteiger partial charge in [0.25, 0.3) is 0 Å². The Morgan fingerprint density at radius 3 is 0.923 bits per heavy atom. The first-order valence-electron chi connectivity index (χ1n) is 3.23. The molecule has 13 heavy (non-hydrogen) atoms. The van der Waals surface area contributed by atoms with E-state index in [1.807, 2.05) is 13.8 Å². The molecule has 0 aliphatic carbocycles. The van der Waals surface area contributed by atoms with Crippen LogP contribution >= 0.6 is 37.2 Å². The fourth-order valence-electron chi connectivity index (χ4n) is 0. The van der Waals surface area contributed by atoms with Crippen LogP contribution in [0.3, 0.4) is 0 Å². The van der Waals surface area contributed by atoms with E-state index in [4.69, 9.17) is 13.9 Å². The monoisotopic (exact) mass is 295 g/mol. The van der Waals surface area contributed by atoms with Gasteiger partial charge in [0, 0.05) is 13.2 Å². The Kier molecular flexibility index (Phi) is 207. The molecule has 0 fully saturated rings. The van der Waals surface area contributed by atoms with Crippen molar-refractivity contribution in [1.29, 1.82) is 0 Å². The molecule has 0 aromatic heterocycles. The first kappa shape index (κ1) is 36.8. The van der Waals surface area contributed by atoms with Crippen LogP contribution in [0.1, 0.15) is 26.7 Å². The summed E-state index contributed by atoms with van der Waals surface area (Å²) in [5.41, 5.74) is 0. The van der Waals surface area contributed by atoms with Crippen molar-refractivity contribution in [2.24, 2.45) is 0 Å². The second-order valence-corrected chi connectivity index (χ2v) is 1.45. The van der Waals surface area contributed by atoms with Gasteiger partial charge in [-0.1, -0.05) is 13.8 Å². The molecule has 2 N–H and O–H groups in total. The SMILES string of the molecule is CCCO.CCCO.Cl.Cl.Cl.[O]=[V]. The molecular weight excluding hydrogens is 277 g/mol. The number of rotatable bonds is 2. The average Bonchev–Trinajstić information content (AvgIpc) is 2.08. The fraction of sp³-hybridized carbons (Fsp3) is 1.00. The molecule has 0 radical (unpaired) electrons. The predicted octanol–water partition coefficient (Wildman–Crippen LogP) is 1.92. The molecule has 0 rings (SSSR count). The van der Waals surface area contributed by atoms with Crippen LogP contribution in [0.4, 0.5) is 0 Å². The topological polar surface area (TPSA) is 57.5 Å². The van der Waals surface area contributed by atoms with E-state index < -0.39 is 0 Å². The van der Waals surface area contributed by atoms with Gasteiger partial charge in [0.15, 0.2) is 0 Å². The standard InChI is InChI=1S/2C3H8O.3ClH.O.V/c2*1-2-3-4;;;;;/h2*4H,2-3H2,1H3;3*1H;;. The normalized spacial score (nSPS) is 4.85. The summed E-state index contributed by atoms with van der Waals surface area (Å²) in [5.74, 6) is 0. The molecule has 0 amide bonds. The summed E-state index contributed by atoms with van der Waals surface area (Å²) >= 11 is 1.06. The van der Waals surface area contributed by atoms with Gasteiger partial charge in [-0.3, -0.25) is 0 Å². The molecule has 0 aliphatic rings. The fourth-order valence-corrected chi connectivity index (χ4v) is 0. The summed E-state index contributed by atoms with van der Waals surface area (Å²) in [6.07, 6.45) is 1.75. The van der Waals surface area contributed by atoms with Crippen molar-refractivity contribution >= 4 is 37.2 Å². The van der Waals surface area contributed by atoms with E-state index in [2.05, 4.69) is 0 Å². The molecule has 0 heterocycles. The van der Waals surface area contributed by atoms with Gasteiger partial charge in [0.2, 0.25) is 0 Å². The van der Waals surface area contributed by atoms with E-state index in [-0.39, 0.29) is 37.2 Å². The molecule has 0 aliphatic heterocycles. The molecule has 0 aromatic carbocycles. The molecule has 0 atom stereocenters. The molecule has 0 bridgehead atoms. The van der Waals surface area contributed by atoms with Gasteiger partial charge < -0.3 is 10.2 Å². The third kappa shape index (κ3) is 163. The van der Waals surface area contributed by atoms with Gasteiger partial charge in [-0.25, -0.2) is 0 Å². The summed E-state index contributed by atoms with van der Waals surface area (Å²) in [6, 6.07) is 0. The Morgan fingerprint density at radius 2 is 0.923 bits per heavy atom. The van der Waals surface area contributed by atoms with Crippen molar-refractivity contribution in [1.82, 2.24) is 0 Å². The third-order valence-electron chi connectivity index (χ3n) is 0.447. The first-order valence-corrected chi connectivity index (χ1v) is 3.80. The van der Waals surface area contributed by atoms with Crippen LogP contribution in [0.15, 0.2) is 0 Å². The number of halogens is 3. The van der Waals surface area contributed by atoms with Crippen LogP contribution in [0, 0.1) is 0 Å². The van der Waals surface area contributed by atoms with Crippen molar-refractivity contribution in [3.8, 4) is 0 Å². The van der Waals surface area contributed by atoms with Crippen LogP contribution in [-0.2, 0) is 21.0 Å². The van der Waals surface area contributed by atoms with Crippen molar-refractivity contribution < 1.29 is 31.3 Å². The van der Waals surface area contributed by atoms with E-state index >= 15 is 0 Å². The molecule has 0 aromatic rings. The van der Waals surface area contributed by atoms with Gasteiger partial charge >= 0.3 is 21.0 Å². The molecule has 87 valence electrons. The Morgan fingerprint density at radius 1 is 0.846 bits per heavy atom. The summed E-state index contributed by atoms with van der Waals surface area (Å²) in [7, 11) is 0. The number of aliphatic hydroxyl groups excluding tert-OH is 2. The van der Waals surface area contributed by atoms with Crippen molar-refractivity contribution in [2.45, 2.75) is 26.7 Å².